The molecule has 0 unspecified atom stereocenters. The van der Waals surface area contributed by atoms with Crippen LogP contribution in [0.3, 0.4) is 0 Å². The summed E-state index contributed by atoms with van der Waals surface area (Å²) in [6.07, 6.45) is 12.2. The second-order valence-corrected chi connectivity index (χ2v) is 6.29. The third-order valence-corrected chi connectivity index (χ3v) is 5.34. The minimum absolute atomic E-state index is 0.00576. The van der Waals surface area contributed by atoms with Crippen LogP contribution in [0.1, 0.15) is 31.2 Å². The van der Waals surface area contributed by atoms with Gasteiger partial charge in [-0.2, -0.15) is 5.06 Å². The molecule has 3 heterocycles. The summed E-state index contributed by atoms with van der Waals surface area (Å²) in [7, 11) is 0. The Balaban J connectivity index is 1.74. The zero-order valence-electron chi connectivity index (χ0n) is 10.9. The van der Waals surface area contributed by atoms with Gasteiger partial charge in [-0.25, -0.2) is 0 Å². The van der Waals surface area contributed by atoms with Crippen LogP contribution in [0.15, 0.2) is 54.1 Å². The third kappa shape index (κ3) is 1.07. The van der Waals surface area contributed by atoms with Gasteiger partial charge in [-0.05, 0) is 24.0 Å². The highest BCUT2D eigenvalue weighted by Crippen LogP contribution is 2.63. The molecule has 2 saturated heterocycles. The van der Waals surface area contributed by atoms with Gasteiger partial charge in [-0.3, -0.25) is 4.84 Å². The van der Waals surface area contributed by atoms with Crippen molar-refractivity contribution in [2.24, 2.45) is 0 Å². The van der Waals surface area contributed by atoms with Crippen molar-refractivity contribution in [3.05, 3.63) is 59.7 Å². The fourth-order valence-electron chi connectivity index (χ4n) is 4.64. The van der Waals surface area contributed by atoms with Gasteiger partial charge in [0.15, 0.2) is 0 Å². The Morgan fingerprint density at radius 3 is 2.89 bits per heavy atom. The van der Waals surface area contributed by atoms with E-state index in [-0.39, 0.29) is 11.1 Å². The molecular weight excluding hydrogens is 234 g/mol. The van der Waals surface area contributed by atoms with Gasteiger partial charge in [0, 0.05) is 12.8 Å². The van der Waals surface area contributed by atoms with E-state index in [0.29, 0.717) is 6.10 Å². The van der Waals surface area contributed by atoms with E-state index in [1.165, 1.54) is 30.4 Å². The number of piperidine rings is 1. The van der Waals surface area contributed by atoms with Crippen LogP contribution in [0.2, 0.25) is 0 Å². The Labute approximate surface area is 113 Å². The Hall–Kier alpha value is -1.38. The monoisotopic (exact) mass is 251 g/mol. The summed E-state index contributed by atoms with van der Waals surface area (Å²) < 4.78 is 0. The van der Waals surface area contributed by atoms with Crippen molar-refractivity contribution >= 4 is 0 Å². The lowest BCUT2D eigenvalue weighted by molar-refractivity contribution is -0.170. The highest BCUT2D eigenvalue weighted by molar-refractivity contribution is 5.50. The summed E-state index contributed by atoms with van der Waals surface area (Å²) in [5, 5.41) is 2.35. The molecule has 1 aromatic rings. The summed E-state index contributed by atoms with van der Waals surface area (Å²) >= 11 is 0. The van der Waals surface area contributed by atoms with Crippen molar-refractivity contribution in [2.75, 3.05) is 0 Å². The molecule has 1 spiro atoms. The molecule has 19 heavy (non-hydrogen) atoms. The van der Waals surface area contributed by atoms with Gasteiger partial charge in [0.05, 0.1) is 17.2 Å². The second kappa shape index (κ2) is 3.20. The highest BCUT2D eigenvalue weighted by atomic mass is 16.7. The average molecular weight is 251 g/mol. The third-order valence-electron chi connectivity index (χ3n) is 5.34. The summed E-state index contributed by atoms with van der Waals surface area (Å²) in [5.74, 6) is 0. The summed E-state index contributed by atoms with van der Waals surface area (Å²) in [5.41, 5.74) is 3.04. The molecule has 0 N–H and O–H groups in total. The quantitative estimate of drug-likeness (QED) is 0.759. The maximum absolute atomic E-state index is 6.22. The van der Waals surface area contributed by atoms with Crippen LogP contribution in [0, 0.1) is 0 Å². The fraction of sp³-hybridized carbons (Fsp3) is 0.412. The van der Waals surface area contributed by atoms with Gasteiger partial charge in [0.1, 0.15) is 0 Å². The van der Waals surface area contributed by atoms with Gasteiger partial charge >= 0.3 is 0 Å². The molecule has 0 aromatic heterocycles. The molecule has 2 fully saturated rings. The molecule has 0 saturated carbocycles. The van der Waals surface area contributed by atoms with Crippen LogP contribution in [0.4, 0.5) is 0 Å². The largest absolute Gasteiger partial charge is 0.293 e. The van der Waals surface area contributed by atoms with E-state index >= 15 is 0 Å². The second-order valence-electron chi connectivity index (χ2n) is 6.29. The van der Waals surface area contributed by atoms with Gasteiger partial charge in [0.25, 0.3) is 0 Å². The molecule has 2 bridgehead atoms. The number of hydrogen-bond acceptors (Lipinski definition) is 2. The van der Waals surface area contributed by atoms with Gasteiger partial charge in [-0.15, -0.1) is 0 Å². The predicted molar refractivity (Wildman–Crippen MR) is 73.3 cm³/mol. The predicted octanol–water partition coefficient (Wildman–Crippen LogP) is 3.32. The van der Waals surface area contributed by atoms with Crippen molar-refractivity contribution in [3.8, 4) is 0 Å². The van der Waals surface area contributed by atoms with E-state index in [2.05, 4.69) is 53.6 Å². The smallest absolute Gasteiger partial charge is 0.0933 e. The summed E-state index contributed by atoms with van der Waals surface area (Å²) in [4.78, 5) is 6.22. The molecule has 4 aliphatic rings. The first kappa shape index (κ1) is 10.4. The molecule has 1 aromatic carbocycles. The first-order valence-corrected chi connectivity index (χ1v) is 7.26. The number of fused-ring (bicyclic) bond motifs is 1. The van der Waals surface area contributed by atoms with Crippen LogP contribution in [0.25, 0.3) is 0 Å². The lowest BCUT2D eigenvalue weighted by Gasteiger charge is -2.42. The highest BCUT2D eigenvalue weighted by Gasteiger charge is 2.67. The molecule has 3 aliphatic heterocycles. The Kier molecular flexibility index (Phi) is 1.75. The Morgan fingerprint density at radius 1 is 1.16 bits per heavy atom. The minimum Gasteiger partial charge on any atom is -0.293 e. The van der Waals surface area contributed by atoms with Crippen molar-refractivity contribution < 1.29 is 4.84 Å². The number of benzene rings is 1. The zero-order valence-corrected chi connectivity index (χ0v) is 10.9. The summed E-state index contributed by atoms with van der Waals surface area (Å²) in [6.45, 7) is 0. The Bertz CT molecular complexity index is 605. The van der Waals surface area contributed by atoms with E-state index < -0.39 is 0 Å². The molecule has 5 rings (SSSR count). The number of hydroxylamine groups is 2. The van der Waals surface area contributed by atoms with E-state index in [4.69, 9.17) is 4.84 Å². The van der Waals surface area contributed by atoms with E-state index in [1.807, 2.05) is 0 Å². The van der Waals surface area contributed by atoms with Gasteiger partial charge < -0.3 is 0 Å². The number of rotatable bonds is 1. The molecule has 1 aliphatic carbocycles. The lowest BCUT2D eigenvalue weighted by Crippen LogP contribution is -2.50. The van der Waals surface area contributed by atoms with Crippen LogP contribution in [0.5, 0.6) is 0 Å². The van der Waals surface area contributed by atoms with Crippen LogP contribution < -0.4 is 0 Å². The zero-order chi connectivity index (χ0) is 12.5. The van der Waals surface area contributed by atoms with Crippen LogP contribution in [-0.2, 0) is 10.4 Å². The maximum atomic E-state index is 6.22. The summed E-state index contributed by atoms with van der Waals surface area (Å²) in [6, 6.07) is 10.9. The topological polar surface area (TPSA) is 12.5 Å². The van der Waals surface area contributed by atoms with E-state index in [0.717, 1.165) is 6.42 Å². The molecule has 0 radical (unpaired) electrons. The number of nitrogens with zero attached hydrogens (tertiary/aromatic N) is 1. The van der Waals surface area contributed by atoms with Crippen molar-refractivity contribution in [1.82, 2.24) is 5.06 Å². The normalized spacial score (nSPS) is 42.5. The first-order valence-electron chi connectivity index (χ1n) is 7.26. The Morgan fingerprint density at radius 2 is 2.05 bits per heavy atom. The lowest BCUT2D eigenvalue weighted by atomic mass is 9.76. The van der Waals surface area contributed by atoms with Crippen molar-refractivity contribution in [2.45, 2.75) is 42.9 Å². The van der Waals surface area contributed by atoms with Gasteiger partial charge in [0.2, 0.25) is 0 Å². The first-order chi connectivity index (χ1) is 9.33. The molecule has 2 heteroatoms. The number of hydrogen-bond donors (Lipinski definition) is 0. The van der Waals surface area contributed by atoms with Crippen molar-refractivity contribution in [3.63, 3.8) is 0 Å². The van der Waals surface area contributed by atoms with Crippen molar-refractivity contribution in [1.29, 1.82) is 0 Å². The molecule has 2 nitrogen and oxygen atoms in total. The molecule has 96 valence electrons. The molecule has 0 amide bonds. The molecule has 3 atom stereocenters. The minimum atomic E-state index is -0.00576. The molecular formula is C17H17NO. The van der Waals surface area contributed by atoms with E-state index in [9.17, 15) is 0 Å². The van der Waals surface area contributed by atoms with Crippen LogP contribution >= 0.6 is 0 Å². The van der Waals surface area contributed by atoms with E-state index in [1.54, 1.807) is 0 Å². The number of allylic oxidation sites excluding steroid dienone is 1. The standard InChI is InChI=1S/C17H17NO/c1-2-6-13(7-3-1)17-10-14-8-4-5-9-16(14)11-15(12-17)19-18(16)17/h1-4,6-8,10,15H,5,9,11-12H2/t15-,16+,17+/m1/s1. The fourth-order valence-corrected chi connectivity index (χ4v) is 4.64. The maximum Gasteiger partial charge on any atom is 0.0933 e. The average Bonchev–Trinajstić information content (AvgIpc) is 3.01. The van der Waals surface area contributed by atoms with Crippen LogP contribution in [-0.4, -0.2) is 16.7 Å². The van der Waals surface area contributed by atoms with Gasteiger partial charge in [-0.1, -0.05) is 48.6 Å². The SMILES string of the molecule is C1=CC2=C[C@@]3(c4ccccc4)C[C@H]4C[C@]2(CC1)N3O4.